The van der Waals surface area contributed by atoms with E-state index in [1.807, 2.05) is 4.90 Å². The molecule has 5 aliphatic rings. The Bertz CT molecular complexity index is 1000. The Labute approximate surface area is 210 Å². The summed E-state index contributed by atoms with van der Waals surface area (Å²) < 4.78 is 51.2. The lowest BCUT2D eigenvalue weighted by Gasteiger charge is -2.38. The van der Waals surface area contributed by atoms with Gasteiger partial charge in [0.2, 0.25) is 5.91 Å². The SMILES string of the molecule is CO[C@@H]1COCC[C@@H]1N[C@@H]1C[C@H]2CN(C3CC3)C[C@@]2(C(=O)N2CCc3ccc(C(F)(F)F)cc3C2)C1. The highest BCUT2D eigenvalue weighted by Gasteiger charge is 2.60. The molecule has 0 radical (unpaired) electrons. The Morgan fingerprint density at radius 1 is 1.22 bits per heavy atom. The Morgan fingerprint density at radius 2 is 2.06 bits per heavy atom. The number of hydrogen-bond acceptors (Lipinski definition) is 5. The molecule has 0 bridgehead atoms. The van der Waals surface area contributed by atoms with Gasteiger partial charge in [-0.2, -0.15) is 13.2 Å². The van der Waals surface area contributed by atoms with Gasteiger partial charge < -0.3 is 19.7 Å². The highest BCUT2D eigenvalue weighted by molar-refractivity contribution is 5.85. The number of benzene rings is 1. The second-order valence-electron chi connectivity index (χ2n) is 11.5. The molecule has 9 heteroatoms. The molecule has 1 N–H and O–H groups in total. The largest absolute Gasteiger partial charge is 0.416 e. The monoisotopic (exact) mass is 507 g/mol. The highest BCUT2D eigenvalue weighted by Crippen LogP contribution is 2.52. The molecule has 1 amide bonds. The molecule has 0 spiro atoms. The van der Waals surface area contributed by atoms with Gasteiger partial charge in [0.25, 0.3) is 0 Å². The molecule has 2 saturated heterocycles. The summed E-state index contributed by atoms with van der Waals surface area (Å²) in [6, 6.07) is 5.02. The highest BCUT2D eigenvalue weighted by atomic mass is 19.4. The lowest BCUT2D eigenvalue weighted by Crippen LogP contribution is -2.52. The zero-order valence-electron chi connectivity index (χ0n) is 20.9. The fraction of sp³-hybridized carbons (Fsp3) is 0.741. The Hall–Kier alpha value is -1.68. The molecule has 0 unspecified atom stereocenters. The van der Waals surface area contributed by atoms with Crippen LogP contribution in [-0.2, 0) is 33.4 Å². The maximum atomic E-state index is 14.2. The van der Waals surface area contributed by atoms with Crippen LogP contribution in [0, 0.1) is 11.3 Å². The summed E-state index contributed by atoms with van der Waals surface area (Å²) in [4.78, 5) is 18.6. The van der Waals surface area contributed by atoms with E-state index >= 15 is 0 Å². The van der Waals surface area contributed by atoms with Crippen LogP contribution in [0.15, 0.2) is 18.2 Å². The number of ether oxygens (including phenoxy) is 2. The second-order valence-corrected chi connectivity index (χ2v) is 11.5. The van der Waals surface area contributed by atoms with Crippen molar-refractivity contribution in [1.82, 2.24) is 15.1 Å². The molecule has 1 aromatic carbocycles. The van der Waals surface area contributed by atoms with Crippen LogP contribution in [-0.4, -0.2) is 79.9 Å². The minimum atomic E-state index is -4.38. The Morgan fingerprint density at radius 3 is 2.81 bits per heavy atom. The summed E-state index contributed by atoms with van der Waals surface area (Å²) in [7, 11) is 1.72. The molecule has 1 aromatic rings. The molecule has 3 heterocycles. The van der Waals surface area contributed by atoms with Crippen LogP contribution in [0.2, 0.25) is 0 Å². The number of carbonyl (C=O) groups is 1. The maximum absolute atomic E-state index is 14.2. The minimum Gasteiger partial charge on any atom is -0.379 e. The van der Waals surface area contributed by atoms with Crippen molar-refractivity contribution >= 4 is 5.91 Å². The third kappa shape index (κ3) is 4.46. The Kier molecular flexibility index (Phi) is 6.34. The van der Waals surface area contributed by atoms with Crippen molar-refractivity contribution in [2.45, 2.75) is 75.5 Å². The summed E-state index contributed by atoms with van der Waals surface area (Å²) in [6.45, 7) is 3.83. The fourth-order valence-electron chi connectivity index (χ4n) is 7.25. The van der Waals surface area contributed by atoms with Crippen molar-refractivity contribution in [2.24, 2.45) is 11.3 Å². The third-order valence-electron chi connectivity index (χ3n) is 9.28. The van der Waals surface area contributed by atoms with Crippen LogP contribution < -0.4 is 5.32 Å². The number of nitrogens with one attached hydrogen (secondary N) is 1. The van der Waals surface area contributed by atoms with E-state index in [4.69, 9.17) is 9.47 Å². The molecule has 0 aromatic heterocycles. The van der Waals surface area contributed by atoms with Gasteiger partial charge in [-0.3, -0.25) is 9.69 Å². The van der Waals surface area contributed by atoms with Crippen LogP contribution in [0.1, 0.15) is 48.8 Å². The standard InChI is InChI=1S/C27H36F3N3O3/c1-35-24-15-36-9-7-23(24)31-21-11-20-14-33(22-4-5-22)16-26(20,12-21)25(34)32-8-6-17-2-3-19(27(28,29)30)10-18(17)13-32/h2-3,10,20-24,31H,4-9,11-16H2,1H3/t20-,21+,23-,24+,26-/m0/s1. The number of fused-ring (bicyclic) bond motifs is 2. The molecule has 4 fully saturated rings. The molecule has 198 valence electrons. The van der Waals surface area contributed by atoms with Gasteiger partial charge in [-0.25, -0.2) is 0 Å². The van der Waals surface area contributed by atoms with E-state index in [2.05, 4.69) is 10.2 Å². The van der Waals surface area contributed by atoms with E-state index < -0.39 is 17.2 Å². The van der Waals surface area contributed by atoms with E-state index in [1.165, 1.54) is 18.9 Å². The molecule has 3 aliphatic heterocycles. The van der Waals surface area contributed by atoms with Crippen LogP contribution in [0.25, 0.3) is 0 Å². The summed E-state index contributed by atoms with van der Waals surface area (Å²) >= 11 is 0. The summed E-state index contributed by atoms with van der Waals surface area (Å²) in [5.41, 5.74) is 0.449. The quantitative estimate of drug-likeness (QED) is 0.664. The number of alkyl halides is 3. The molecule has 6 nitrogen and oxygen atoms in total. The van der Waals surface area contributed by atoms with Gasteiger partial charge in [-0.05, 0) is 67.7 Å². The molecule has 36 heavy (non-hydrogen) atoms. The lowest BCUT2D eigenvalue weighted by atomic mass is 9.78. The molecular weight excluding hydrogens is 471 g/mol. The van der Waals surface area contributed by atoms with Crippen LogP contribution in [0.5, 0.6) is 0 Å². The van der Waals surface area contributed by atoms with Crippen LogP contribution in [0.4, 0.5) is 13.2 Å². The maximum Gasteiger partial charge on any atom is 0.416 e. The van der Waals surface area contributed by atoms with Gasteiger partial charge in [0.15, 0.2) is 0 Å². The first-order valence-corrected chi connectivity index (χ1v) is 13.4. The number of hydrogen-bond donors (Lipinski definition) is 1. The van der Waals surface area contributed by atoms with Gasteiger partial charge in [0, 0.05) is 58.0 Å². The topological polar surface area (TPSA) is 54.0 Å². The number of rotatable bonds is 5. The van der Waals surface area contributed by atoms with Gasteiger partial charge in [0.1, 0.15) is 0 Å². The number of carbonyl (C=O) groups excluding carboxylic acids is 1. The van der Waals surface area contributed by atoms with Crippen molar-refractivity contribution in [2.75, 3.05) is 40.0 Å². The number of methoxy groups -OCH3 is 1. The number of likely N-dealkylation sites (tertiary alicyclic amines) is 1. The number of amides is 1. The van der Waals surface area contributed by atoms with E-state index in [-0.39, 0.29) is 36.6 Å². The summed E-state index contributed by atoms with van der Waals surface area (Å²) in [5, 5.41) is 3.81. The third-order valence-corrected chi connectivity index (χ3v) is 9.28. The minimum absolute atomic E-state index is 0.00947. The first-order valence-electron chi connectivity index (χ1n) is 13.4. The Balaban J connectivity index is 1.21. The van der Waals surface area contributed by atoms with Crippen molar-refractivity contribution < 1.29 is 27.4 Å². The van der Waals surface area contributed by atoms with Crippen molar-refractivity contribution in [1.29, 1.82) is 0 Å². The van der Waals surface area contributed by atoms with E-state index in [9.17, 15) is 18.0 Å². The van der Waals surface area contributed by atoms with E-state index in [1.54, 1.807) is 13.2 Å². The zero-order valence-corrected chi connectivity index (χ0v) is 20.9. The molecule has 6 rings (SSSR count). The summed E-state index contributed by atoms with van der Waals surface area (Å²) in [6.07, 6.45) is 1.25. The zero-order chi connectivity index (χ0) is 25.1. The van der Waals surface area contributed by atoms with Crippen molar-refractivity contribution in [3.63, 3.8) is 0 Å². The van der Waals surface area contributed by atoms with Gasteiger partial charge in [-0.15, -0.1) is 0 Å². The molecule has 2 saturated carbocycles. The average molecular weight is 508 g/mol. The number of halogens is 3. The average Bonchev–Trinajstić information content (AvgIpc) is 3.57. The fourth-order valence-corrected chi connectivity index (χ4v) is 7.25. The number of nitrogens with zero attached hydrogens (tertiary/aromatic N) is 2. The second kappa shape index (κ2) is 9.26. The predicted octanol–water partition coefficient (Wildman–Crippen LogP) is 3.23. The summed E-state index contributed by atoms with van der Waals surface area (Å²) in [5.74, 6) is 0.408. The first-order chi connectivity index (χ1) is 17.3. The van der Waals surface area contributed by atoms with Crippen molar-refractivity contribution in [3.05, 3.63) is 34.9 Å². The van der Waals surface area contributed by atoms with Crippen LogP contribution in [0.3, 0.4) is 0 Å². The lowest BCUT2D eigenvalue weighted by molar-refractivity contribution is -0.144. The van der Waals surface area contributed by atoms with Gasteiger partial charge in [0.05, 0.1) is 23.7 Å². The smallest absolute Gasteiger partial charge is 0.379 e. The van der Waals surface area contributed by atoms with E-state index in [0.29, 0.717) is 37.8 Å². The molecule has 5 atom stereocenters. The van der Waals surface area contributed by atoms with Gasteiger partial charge in [-0.1, -0.05) is 6.07 Å². The molecule has 2 aliphatic carbocycles. The van der Waals surface area contributed by atoms with Crippen LogP contribution >= 0.6 is 0 Å². The van der Waals surface area contributed by atoms with Gasteiger partial charge >= 0.3 is 6.18 Å². The normalized spacial score (nSPS) is 35.1. The predicted molar refractivity (Wildman–Crippen MR) is 127 cm³/mol. The van der Waals surface area contributed by atoms with Crippen molar-refractivity contribution in [3.8, 4) is 0 Å². The first kappa shape index (κ1) is 24.6. The molecular formula is C27H36F3N3O3. The van der Waals surface area contributed by atoms with E-state index in [0.717, 1.165) is 44.0 Å².